The van der Waals surface area contributed by atoms with Gasteiger partial charge in [0.1, 0.15) is 5.60 Å². The smallest absolute Gasteiger partial charge is 0.410 e. The van der Waals surface area contributed by atoms with E-state index >= 15 is 0 Å². The average Bonchev–Trinajstić information content (AvgIpc) is 2.72. The first-order valence-electron chi connectivity index (χ1n) is 7.39. The number of hydrogen-bond donors (Lipinski definition) is 1. The van der Waals surface area contributed by atoms with Crippen LogP contribution in [-0.2, 0) is 4.74 Å². The molecule has 19 heavy (non-hydrogen) atoms. The average molecular weight is 270 g/mol. The van der Waals surface area contributed by atoms with Gasteiger partial charge in [-0.25, -0.2) is 4.79 Å². The van der Waals surface area contributed by atoms with E-state index in [2.05, 4.69) is 0 Å². The molecular formula is C15H30N2O2. The van der Waals surface area contributed by atoms with Crippen molar-refractivity contribution in [2.45, 2.75) is 71.9 Å². The van der Waals surface area contributed by atoms with Crippen LogP contribution >= 0.6 is 0 Å². The van der Waals surface area contributed by atoms with E-state index in [9.17, 15) is 4.79 Å². The van der Waals surface area contributed by atoms with Crippen molar-refractivity contribution in [2.75, 3.05) is 13.1 Å². The largest absolute Gasteiger partial charge is 0.444 e. The maximum Gasteiger partial charge on any atom is 0.410 e. The predicted molar refractivity (Wildman–Crippen MR) is 78.0 cm³/mol. The van der Waals surface area contributed by atoms with Crippen molar-refractivity contribution < 1.29 is 9.53 Å². The number of carbonyl (C=O) groups excluding carboxylic acids is 1. The Bertz CT molecular complexity index is 302. The number of ether oxygens (including phenoxy) is 1. The zero-order valence-electron chi connectivity index (χ0n) is 13.2. The first-order chi connectivity index (χ1) is 8.69. The summed E-state index contributed by atoms with van der Waals surface area (Å²) >= 11 is 0. The zero-order valence-corrected chi connectivity index (χ0v) is 13.2. The Kier molecular flexibility index (Phi) is 5.25. The van der Waals surface area contributed by atoms with Crippen molar-refractivity contribution in [3.05, 3.63) is 0 Å². The fourth-order valence-electron chi connectivity index (χ4n) is 2.69. The maximum absolute atomic E-state index is 12.3. The van der Waals surface area contributed by atoms with Gasteiger partial charge in [0.25, 0.3) is 0 Å². The molecule has 0 heterocycles. The van der Waals surface area contributed by atoms with Gasteiger partial charge in [-0.3, -0.25) is 0 Å². The Morgan fingerprint density at radius 2 is 1.84 bits per heavy atom. The van der Waals surface area contributed by atoms with Crippen molar-refractivity contribution in [2.24, 2.45) is 11.1 Å². The molecule has 1 fully saturated rings. The Morgan fingerprint density at radius 3 is 2.21 bits per heavy atom. The quantitative estimate of drug-likeness (QED) is 0.853. The topological polar surface area (TPSA) is 55.6 Å². The summed E-state index contributed by atoms with van der Waals surface area (Å²) in [6.45, 7) is 11.1. The van der Waals surface area contributed by atoms with E-state index < -0.39 is 5.60 Å². The van der Waals surface area contributed by atoms with Gasteiger partial charge in [-0.1, -0.05) is 12.8 Å². The molecule has 0 aromatic rings. The van der Waals surface area contributed by atoms with Crippen molar-refractivity contribution in [1.82, 2.24) is 4.90 Å². The Balaban J connectivity index is 2.75. The highest BCUT2D eigenvalue weighted by atomic mass is 16.6. The first-order valence-corrected chi connectivity index (χ1v) is 7.39. The molecule has 0 aliphatic heterocycles. The fraction of sp³-hybridized carbons (Fsp3) is 0.933. The van der Waals surface area contributed by atoms with Crippen LogP contribution in [0.1, 0.15) is 60.3 Å². The minimum Gasteiger partial charge on any atom is -0.444 e. The number of amides is 1. The van der Waals surface area contributed by atoms with Crippen LogP contribution in [0.25, 0.3) is 0 Å². The second kappa shape index (κ2) is 6.12. The summed E-state index contributed by atoms with van der Waals surface area (Å²) < 4.78 is 5.51. The molecule has 1 amide bonds. The van der Waals surface area contributed by atoms with E-state index in [4.69, 9.17) is 10.5 Å². The van der Waals surface area contributed by atoms with E-state index in [1.54, 1.807) is 0 Å². The van der Waals surface area contributed by atoms with Crippen molar-refractivity contribution in [1.29, 1.82) is 0 Å². The summed E-state index contributed by atoms with van der Waals surface area (Å²) in [5, 5.41) is 0. The van der Waals surface area contributed by atoms with Crippen LogP contribution in [-0.4, -0.2) is 35.7 Å². The van der Waals surface area contributed by atoms with E-state index in [-0.39, 0.29) is 17.6 Å². The zero-order chi connectivity index (χ0) is 14.7. The van der Waals surface area contributed by atoms with Gasteiger partial charge in [-0.15, -0.1) is 0 Å². The lowest BCUT2D eigenvalue weighted by Gasteiger charge is -2.37. The number of carbonyl (C=O) groups is 1. The van der Waals surface area contributed by atoms with Crippen molar-refractivity contribution in [3.8, 4) is 0 Å². The highest BCUT2D eigenvalue weighted by Gasteiger charge is 2.37. The third-order valence-electron chi connectivity index (χ3n) is 3.85. The molecule has 0 radical (unpaired) electrons. The highest BCUT2D eigenvalue weighted by Crippen LogP contribution is 2.38. The van der Waals surface area contributed by atoms with Gasteiger partial charge in [0.05, 0.1) is 0 Å². The molecule has 0 spiro atoms. The van der Waals surface area contributed by atoms with Gasteiger partial charge < -0.3 is 15.4 Å². The summed E-state index contributed by atoms with van der Waals surface area (Å²) in [6.07, 6.45) is 4.46. The molecule has 2 N–H and O–H groups in total. The molecule has 1 saturated carbocycles. The molecule has 0 atom stereocenters. The summed E-state index contributed by atoms with van der Waals surface area (Å²) in [5.41, 5.74) is 5.62. The Hall–Kier alpha value is -0.770. The van der Waals surface area contributed by atoms with Crippen LogP contribution in [0.5, 0.6) is 0 Å². The Labute approximate surface area is 117 Å². The minimum atomic E-state index is -0.449. The van der Waals surface area contributed by atoms with Gasteiger partial charge in [-0.2, -0.15) is 0 Å². The van der Waals surface area contributed by atoms with E-state index in [1.807, 2.05) is 39.5 Å². The number of rotatable bonds is 4. The fourth-order valence-corrected chi connectivity index (χ4v) is 2.69. The molecule has 1 aliphatic carbocycles. The van der Waals surface area contributed by atoms with Gasteiger partial charge in [-0.05, 0) is 54.0 Å². The lowest BCUT2D eigenvalue weighted by molar-refractivity contribution is 0.00918. The molecule has 0 aromatic heterocycles. The summed E-state index contributed by atoms with van der Waals surface area (Å²) in [5.74, 6) is 0. The SMILES string of the molecule is CC(C)N(CC1(CN)CCCC1)C(=O)OC(C)(C)C. The molecule has 4 heteroatoms. The molecule has 0 saturated heterocycles. The molecule has 0 bridgehead atoms. The molecule has 1 aliphatic rings. The maximum atomic E-state index is 12.3. The van der Waals surface area contributed by atoms with E-state index in [1.165, 1.54) is 12.8 Å². The number of hydrogen-bond acceptors (Lipinski definition) is 3. The van der Waals surface area contributed by atoms with Crippen LogP contribution < -0.4 is 5.73 Å². The third kappa shape index (κ3) is 4.68. The van der Waals surface area contributed by atoms with Crippen LogP contribution in [0.3, 0.4) is 0 Å². The molecule has 112 valence electrons. The van der Waals surface area contributed by atoms with E-state index in [0.717, 1.165) is 19.4 Å². The summed E-state index contributed by atoms with van der Waals surface area (Å²) in [7, 11) is 0. The lowest BCUT2D eigenvalue weighted by Crippen LogP contribution is -2.48. The van der Waals surface area contributed by atoms with Crippen LogP contribution in [0, 0.1) is 5.41 Å². The van der Waals surface area contributed by atoms with Gasteiger partial charge >= 0.3 is 6.09 Å². The van der Waals surface area contributed by atoms with Crippen LogP contribution in [0.15, 0.2) is 0 Å². The normalized spacial score (nSPS) is 18.7. The highest BCUT2D eigenvalue weighted by molar-refractivity contribution is 5.68. The summed E-state index contributed by atoms with van der Waals surface area (Å²) in [4.78, 5) is 14.1. The number of nitrogens with two attached hydrogens (primary N) is 1. The molecule has 1 rings (SSSR count). The first kappa shape index (κ1) is 16.3. The molecule has 4 nitrogen and oxygen atoms in total. The standard InChI is InChI=1S/C15H30N2O2/c1-12(2)17(13(18)19-14(3,4)5)11-15(10-16)8-6-7-9-15/h12H,6-11,16H2,1-5H3. The lowest BCUT2D eigenvalue weighted by atomic mass is 9.85. The summed E-state index contributed by atoms with van der Waals surface area (Å²) in [6, 6.07) is 0.138. The predicted octanol–water partition coefficient (Wildman–Crippen LogP) is 3.15. The van der Waals surface area contributed by atoms with Crippen molar-refractivity contribution >= 4 is 6.09 Å². The molecular weight excluding hydrogens is 240 g/mol. The molecule has 0 unspecified atom stereocenters. The minimum absolute atomic E-state index is 0.0984. The van der Waals surface area contributed by atoms with Gasteiger partial charge in [0.2, 0.25) is 0 Å². The third-order valence-corrected chi connectivity index (χ3v) is 3.85. The van der Waals surface area contributed by atoms with Crippen LogP contribution in [0.4, 0.5) is 4.79 Å². The van der Waals surface area contributed by atoms with Crippen molar-refractivity contribution in [3.63, 3.8) is 0 Å². The van der Waals surface area contributed by atoms with Gasteiger partial charge in [0, 0.05) is 18.0 Å². The second-order valence-corrected chi connectivity index (χ2v) is 7.11. The van der Waals surface area contributed by atoms with E-state index in [0.29, 0.717) is 6.54 Å². The Morgan fingerprint density at radius 1 is 1.32 bits per heavy atom. The monoisotopic (exact) mass is 270 g/mol. The number of nitrogens with zero attached hydrogens (tertiary/aromatic N) is 1. The van der Waals surface area contributed by atoms with Gasteiger partial charge in [0.15, 0.2) is 0 Å². The van der Waals surface area contributed by atoms with Crippen LogP contribution in [0.2, 0.25) is 0 Å². The molecule has 0 aromatic carbocycles. The second-order valence-electron chi connectivity index (χ2n) is 7.11.